The zero-order valence-electron chi connectivity index (χ0n) is 12.3. The molecule has 19 heavy (non-hydrogen) atoms. The maximum absolute atomic E-state index is 7.46. The Morgan fingerprint density at radius 2 is 1.89 bits per heavy atom. The van der Waals surface area contributed by atoms with Gasteiger partial charge in [0.1, 0.15) is 5.84 Å². The van der Waals surface area contributed by atoms with Crippen molar-refractivity contribution in [3.8, 4) is 0 Å². The van der Waals surface area contributed by atoms with Gasteiger partial charge in [0, 0.05) is 25.2 Å². The third-order valence-electron chi connectivity index (χ3n) is 3.38. The SMILES string of the molecule is CCN(CC)CCN(C)Cc1cccc(C(=N)N)c1. The Balaban J connectivity index is 2.50. The van der Waals surface area contributed by atoms with Crippen molar-refractivity contribution in [1.82, 2.24) is 9.80 Å². The minimum Gasteiger partial charge on any atom is -0.384 e. The minimum atomic E-state index is 0.132. The summed E-state index contributed by atoms with van der Waals surface area (Å²) in [5.41, 5.74) is 7.51. The third kappa shape index (κ3) is 5.41. The van der Waals surface area contributed by atoms with E-state index in [-0.39, 0.29) is 5.84 Å². The summed E-state index contributed by atoms with van der Waals surface area (Å²) < 4.78 is 0. The standard InChI is InChI=1S/C15H26N4/c1-4-19(5-2)10-9-18(3)12-13-7-6-8-14(11-13)15(16)17/h6-8,11H,4-5,9-10,12H2,1-3H3,(H3,16,17). The second kappa shape index (κ2) is 7.92. The van der Waals surface area contributed by atoms with Crippen LogP contribution in [0.15, 0.2) is 24.3 Å². The highest BCUT2D eigenvalue weighted by atomic mass is 15.2. The fourth-order valence-electron chi connectivity index (χ4n) is 2.08. The molecule has 0 amide bonds. The molecule has 0 saturated carbocycles. The highest BCUT2D eigenvalue weighted by molar-refractivity contribution is 5.95. The molecule has 0 spiro atoms. The van der Waals surface area contributed by atoms with Gasteiger partial charge < -0.3 is 15.5 Å². The zero-order chi connectivity index (χ0) is 14.3. The van der Waals surface area contributed by atoms with Gasteiger partial charge in [0.05, 0.1) is 0 Å². The molecule has 4 nitrogen and oxygen atoms in total. The summed E-state index contributed by atoms with van der Waals surface area (Å²) >= 11 is 0. The van der Waals surface area contributed by atoms with Gasteiger partial charge in [-0.25, -0.2) is 0 Å². The average Bonchev–Trinajstić information content (AvgIpc) is 2.40. The fourth-order valence-corrected chi connectivity index (χ4v) is 2.08. The summed E-state index contributed by atoms with van der Waals surface area (Å²) in [5.74, 6) is 0.132. The molecule has 0 saturated heterocycles. The molecular formula is C15H26N4. The van der Waals surface area contributed by atoms with E-state index < -0.39 is 0 Å². The Labute approximate surface area is 116 Å². The van der Waals surface area contributed by atoms with E-state index in [9.17, 15) is 0 Å². The van der Waals surface area contributed by atoms with Crippen molar-refractivity contribution < 1.29 is 0 Å². The van der Waals surface area contributed by atoms with Crippen molar-refractivity contribution >= 4 is 5.84 Å². The number of nitrogens with two attached hydrogens (primary N) is 1. The summed E-state index contributed by atoms with van der Waals surface area (Å²) in [4.78, 5) is 4.72. The van der Waals surface area contributed by atoms with Crippen molar-refractivity contribution in [1.29, 1.82) is 5.41 Å². The maximum atomic E-state index is 7.46. The Kier molecular flexibility index (Phi) is 6.53. The van der Waals surface area contributed by atoms with E-state index in [1.54, 1.807) is 0 Å². The summed E-state index contributed by atoms with van der Waals surface area (Å²) in [7, 11) is 2.13. The van der Waals surface area contributed by atoms with Gasteiger partial charge in [0.2, 0.25) is 0 Å². The molecule has 0 fully saturated rings. The predicted molar refractivity (Wildman–Crippen MR) is 81.6 cm³/mol. The number of hydrogen-bond donors (Lipinski definition) is 2. The van der Waals surface area contributed by atoms with Crippen molar-refractivity contribution in [2.24, 2.45) is 5.73 Å². The molecule has 4 heteroatoms. The molecule has 1 aromatic carbocycles. The molecule has 0 aromatic heterocycles. The van der Waals surface area contributed by atoms with Gasteiger partial charge in [-0.1, -0.05) is 32.0 Å². The summed E-state index contributed by atoms with van der Waals surface area (Å²) in [5, 5.41) is 7.46. The lowest BCUT2D eigenvalue weighted by molar-refractivity contribution is 0.236. The molecule has 0 unspecified atom stereocenters. The van der Waals surface area contributed by atoms with E-state index in [2.05, 4.69) is 36.8 Å². The van der Waals surface area contributed by atoms with E-state index in [1.807, 2.05) is 18.2 Å². The Bertz CT molecular complexity index is 399. The molecule has 0 atom stereocenters. The number of hydrogen-bond acceptors (Lipinski definition) is 3. The first-order chi connectivity index (χ1) is 9.06. The second-order valence-corrected chi connectivity index (χ2v) is 4.88. The number of amidine groups is 1. The van der Waals surface area contributed by atoms with Crippen LogP contribution in [-0.2, 0) is 6.54 Å². The van der Waals surface area contributed by atoms with Crippen molar-refractivity contribution in [2.75, 3.05) is 33.2 Å². The number of likely N-dealkylation sites (N-methyl/N-ethyl adjacent to an activating group) is 2. The van der Waals surface area contributed by atoms with Gasteiger partial charge in [0.15, 0.2) is 0 Å². The Hall–Kier alpha value is -1.39. The molecular weight excluding hydrogens is 236 g/mol. The molecule has 3 N–H and O–H groups in total. The Morgan fingerprint density at radius 3 is 2.47 bits per heavy atom. The highest BCUT2D eigenvalue weighted by Gasteiger charge is 2.05. The molecule has 0 aliphatic rings. The summed E-state index contributed by atoms with van der Waals surface area (Å²) in [6.07, 6.45) is 0. The van der Waals surface area contributed by atoms with E-state index in [4.69, 9.17) is 11.1 Å². The van der Waals surface area contributed by atoms with Crippen LogP contribution in [0.4, 0.5) is 0 Å². The van der Waals surface area contributed by atoms with Gasteiger partial charge in [-0.3, -0.25) is 5.41 Å². The monoisotopic (exact) mass is 262 g/mol. The number of nitrogens with zero attached hydrogens (tertiary/aromatic N) is 2. The number of benzene rings is 1. The summed E-state index contributed by atoms with van der Waals surface area (Å²) in [6.45, 7) is 9.62. The largest absolute Gasteiger partial charge is 0.384 e. The second-order valence-electron chi connectivity index (χ2n) is 4.88. The highest BCUT2D eigenvalue weighted by Crippen LogP contribution is 2.07. The van der Waals surface area contributed by atoms with Crippen LogP contribution >= 0.6 is 0 Å². The van der Waals surface area contributed by atoms with Crippen LogP contribution < -0.4 is 5.73 Å². The topological polar surface area (TPSA) is 56.4 Å². The molecule has 1 rings (SSSR count). The van der Waals surface area contributed by atoms with Crippen LogP contribution in [0.3, 0.4) is 0 Å². The molecule has 0 aliphatic carbocycles. The first-order valence-electron chi connectivity index (χ1n) is 6.91. The molecule has 106 valence electrons. The van der Waals surface area contributed by atoms with Crippen molar-refractivity contribution in [2.45, 2.75) is 20.4 Å². The fraction of sp³-hybridized carbons (Fsp3) is 0.533. The minimum absolute atomic E-state index is 0.132. The maximum Gasteiger partial charge on any atom is 0.122 e. The van der Waals surface area contributed by atoms with Crippen LogP contribution in [0.25, 0.3) is 0 Å². The van der Waals surface area contributed by atoms with E-state index in [1.165, 1.54) is 5.56 Å². The summed E-state index contributed by atoms with van der Waals surface area (Å²) in [6, 6.07) is 7.92. The van der Waals surface area contributed by atoms with E-state index in [0.717, 1.165) is 38.3 Å². The molecule has 0 radical (unpaired) electrons. The first kappa shape index (κ1) is 15.7. The van der Waals surface area contributed by atoms with Gasteiger partial charge in [0.25, 0.3) is 0 Å². The van der Waals surface area contributed by atoms with Crippen LogP contribution in [0.1, 0.15) is 25.0 Å². The van der Waals surface area contributed by atoms with Gasteiger partial charge in [-0.05, 0) is 31.8 Å². The van der Waals surface area contributed by atoms with Gasteiger partial charge in [-0.15, -0.1) is 0 Å². The molecule has 0 heterocycles. The lowest BCUT2D eigenvalue weighted by Crippen LogP contribution is -2.32. The van der Waals surface area contributed by atoms with Crippen LogP contribution in [0.5, 0.6) is 0 Å². The predicted octanol–water partition coefficient (Wildman–Crippen LogP) is 1.74. The van der Waals surface area contributed by atoms with Crippen LogP contribution in [0, 0.1) is 5.41 Å². The van der Waals surface area contributed by atoms with Crippen LogP contribution in [-0.4, -0.2) is 48.9 Å². The van der Waals surface area contributed by atoms with Gasteiger partial charge in [-0.2, -0.15) is 0 Å². The van der Waals surface area contributed by atoms with E-state index in [0.29, 0.717) is 0 Å². The molecule has 0 bridgehead atoms. The average molecular weight is 262 g/mol. The zero-order valence-corrected chi connectivity index (χ0v) is 12.3. The lowest BCUT2D eigenvalue weighted by Gasteiger charge is -2.23. The van der Waals surface area contributed by atoms with Crippen molar-refractivity contribution in [3.63, 3.8) is 0 Å². The first-order valence-corrected chi connectivity index (χ1v) is 6.91. The number of nitrogens with one attached hydrogen (secondary N) is 1. The quantitative estimate of drug-likeness (QED) is 0.554. The third-order valence-corrected chi connectivity index (χ3v) is 3.38. The van der Waals surface area contributed by atoms with Crippen LogP contribution in [0.2, 0.25) is 0 Å². The smallest absolute Gasteiger partial charge is 0.122 e. The lowest BCUT2D eigenvalue weighted by atomic mass is 10.1. The Morgan fingerprint density at radius 1 is 1.21 bits per heavy atom. The molecule has 1 aromatic rings. The molecule has 0 aliphatic heterocycles. The number of rotatable bonds is 8. The van der Waals surface area contributed by atoms with E-state index >= 15 is 0 Å². The normalized spacial score (nSPS) is 11.2. The van der Waals surface area contributed by atoms with Crippen molar-refractivity contribution in [3.05, 3.63) is 35.4 Å². The number of nitrogen functional groups attached to an aromatic ring is 1. The van der Waals surface area contributed by atoms with Gasteiger partial charge >= 0.3 is 0 Å².